The normalized spacial score (nSPS) is 18.3. The molecule has 0 unspecified atom stereocenters. The number of nitrogens with one attached hydrogen (secondary N) is 1. The number of anilines is 1. The highest BCUT2D eigenvalue weighted by atomic mass is 35.5. The summed E-state index contributed by atoms with van der Waals surface area (Å²) in [7, 11) is 1.51. The Balaban J connectivity index is 1.58. The first-order valence-electron chi connectivity index (χ1n) is 9.64. The number of halogens is 1. The molecule has 0 aliphatic carbocycles. The zero-order valence-corrected chi connectivity index (χ0v) is 17.4. The molecule has 5 nitrogen and oxygen atoms in total. The van der Waals surface area contributed by atoms with Gasteiger partial charge in [0.25, 0.3) is 0 Å². The van der Waals surface area contributed by atoms with Gasteiger partial charge in [0.05, 0.1) is 25.0 Å². The van der Waals surface area contributed by atoms with Gasteiger partial charge in [-0.1, -0.05) is 48.5 Å². The van der Waals surface area contributed by atoms with Crippen molar-refractivity contribution < 1.29 is 14.5 Å². The highest BCUT2D eigenvalue weighted by Gasteiger charge is 2.38. The molecule has 0 saturated carbocycles. The van der Waals surface area contributed by atoms with E-state index in [0.29, 0.717) is 11.6 Å². The molecular weight excluding hydrogens is 400 g/mol. The van der Waals surface area contributed by atoms with E-state index in [1.54, 1.807) is 12.1 Å². The number of ether oxygens (including phenoxy) is 1. The van der Waals surface area contributed by atoms with E-state index in [1.807, 2.05) is 54.6 Å². The quantitative estimate of drug-likeness (QED) is 0.390. The maximum Gasteiger partial charge on any atom is 0.127 e. The Morgan fingerprint density at radius 1 is 0.933 bits per heavy atom. The summed E-state index contributed by atoms with van der Waals surface area (Å²) in [6.07, 6.45) is 0. The van der Waals surface area contributed by atoms with Crippen LogP contribution >= 0.6 is 11.6 Å². The Labute approximate surface area is 181 Å². The predicted octanol–water partition coefficient (Wildman–Crippen LogP) is 5.70. The maximum atomic E-state index is 5.94. The Morgan fingerprint density at radius 3 is 2.20 bits per heavy atom. The van der Waals surface area contributed by atoms with E-state index in [0.717, 1.165) is 28.6 Å². The van der Waals surface area contributed by atoms with E-state index in [1.165, 1.54) is 7.11 Å². The third-order valence-electron chi connectivity index (χ3n) is 4.97. The molecule has 1 aliphatic rings. The van der Waals surface area contributed by atoms with Crippen molar-refractivity contribution in [1.29, 1.82) is 0 Å². The Bertz CT molecular complexity index is 978. The standard InChI is InChI=1S/C24H23ClN2O3/c1-17-26-23(16-29-28-2)24(18-6-4-3-5-7-18)27(17)20-10-14-22(15-11-20)30-21-12-8-19(25)9-13-21/h3-15,23-24,26H,1,16H2,2H3/t23-,24-/m0/s1. The van der Waals surface area contributed by atoms with E-state index in [-0.39, 0.29) is 12.1 Å². The van der Waals surface area contributed by atoms with Crippen LogP contribution in [0, 0.1) is 0 Å². The molecule has 0 amide bonds. The van der Waals surface area contributed by atoms with Gasteiger partial charge >= 0.3 is 0 Å². The highest BCUT2D eigenvalue weighted by molar-refractivity contribution is 6.30. The van der Waals surface area contributed by atoms with Crippen molar-refractivity contribution in [2.75, 3.05) is 18.6 Å². The van der Waals surface area contributed by atoms with Gasteiger partial charge in [0.1, 0.15) is 18.1 Å². The Kier molecular flexibility index (Phi) is 6.23. The summed E-state index contributed by atoms with van der Waals surface area (Å²) in [5.74, 6) is 2.28. The van der Waals surface area contributed by atoms with Crippen LogP contribution in [0.5, 0.6) is 11.5 Å². The minimum absolute atomic E-state index is 0.00940. The monoisotopic (exact) mass is 422 g/mol. The number of nitrogens with zero attached hydrogens (tertiary/aromatic N) is 1. The average Bonchev–Trinajstić information content (AvgIpc) is 3.11. The van der Waals surface area contributed by atoms with Gasteiger partial charge in [0, 0.05) is 10.7 Å². The first kappa shape index (κ1) is 20.3. The molecule has 30 heavy (non-hydrogen) atoms. The van der Waals surface area contributed by atoms with Crippen LogP contribution in [0.2, 0.25) is 5.02 Å². The van der Waals surface area contributed by atoms with E-state index in [9.17, 15) is 0 Å². The van der Waals surface area contributed by atoms with E-state index >= 15 is 0 Å². The van der Waals surface area contributed by atoms with Crippen LogP contribution in [0.25, 0.3) is 0 Å². The van der Waals surface area contributed by atoms with Crippen LogP contribution in [-0.2, 0) is 9.78 Å². The molecule has 1 saturated heterocycles. The summed E-state index contributed by atoms with van der Waals surface area (Å²) in [5, 5.41) is 4.11. The van der Waals surface area contributed by atoms with Gasteiger partial charge in [-0.15, -0.1) is 0 Å². The second kappa shape index (κ2) is 9.22. The van der Waals surface area contributed by atoms with Crippen molar-refractivity contribution in [3.63, 3.8) is 0 Å². The zero-order valence-electron chi connectivity index (χ0n) is 16.6. The van der Waals surface area contributed by atoms with Crippen molar-refractivity contribution in [1.82, 2.24) is 5.32 Å². The van der Waals surface area contributed by atoms with Crippen molar-refractivity contribution in [2.45, 2.75) is 12.1 Å². The van der Waals surface area contributed by atoms with Crippen LogP contribution in [0.1, 0.15) is 11.6 Å². The van der Waals surface area contributed by atoms with Crippen LogP contribution in [-0.4, -0.2) is 19.8 Å². The fourth-order valence-corrected chi connectivity index (χ4v) is 3.77. The number of rotatable bonds is 7. The lowest BCUT2D eigenvalue weighted by molar-refractivity contribution is -0.275. The topological polar surface area (TPSA) is 43.0 Å². The highest BCUT2D eigenvalue weighted by Crippen LogP contribution is 2.38. The van der Waals surface area contributed by atoms with Crippen molar-refractivity contribution in [3.05, 3.63) is 102 Å². The van der Waals surface area contributed by atoms with E-state index in [4.69, 9.17) is 26.1 Å². The zero-order chi connectivity index (χ0) is 20.9. The molecule has 6 heteroatoms. The number of benzene rings is 3. The van der Waals surface area contributed by atoms with Crippen molar-refractivity contribution >= 4 is 17.3 Å². The molecule has 1 N–H and O–H groups in total. The minimum atomic E-state index is -0.00940. The molecule has 0 bridgehead atoms. The number of hydrogen-bond acceptors (Lipinski definition) is 5. The fraction of sp³-hybridized carbons (Fsp3) is 0.167. The van der Waals surface area contributed by atoms with E-state index < -0.39 is 0 Å². The van der Waals surface area contributed by atoms with Gasteiger partial charge in [0.2, 0.25) is 0 Å². The number of hydrogen-bond donors (Lipinski definition) is 1. The first-order chi connectivity index (χ1) is 14.7. The SMILES string of the molecule is C=C1N[C@@H](COOC)[C@H](c2ccccc2)N1c1ccc(Oc2ccc(Cl)cc2)cc1. The predicted molar refractivity (Wildman–Crippen MR) is 119 cm³/mol. The van der Waals surface area contributed by atoms with Gasteiger partial charge in [-0.3, -0.25) is 0 Å². The average molecular weight is 423 g/mol. The van der Waals surface area contributed by atoms with Gasteiger partial charge in [-0.2, -0.15) is 0 Å². The molecule has 154 valence electrons. The molecule has 0 spiro atoms. The molecule has 1 aliphatic heterocycles. The summed E-state index contributed by atoms with van der Waals surface area (Å²) in [6, 6.07) is 25.5. The van der Waals surface area contributed by atoms with Crippen LogP contribution < -0.4 is 15.0 Å². The molecule has 4 rings (SSSR count). The van der Waals surface area contributed by atoms with Gasteiger partial charge < -0.3 is 15.0 Å². The molecule has 3 aromatic rings. The van der Waals surface area contributed by atoms with Crippen LogP contribution in [0.3, 0.4) is 0 Å². The largest absolute Gasteiger partial charge is 0.457 e. The minimum Gasteiger partial charge on any atom is -0.457 e. The fourth-order valence-electron chi connectivity index (χ4n) is 3.65. The van der Waals surface area contributed by atoms with Crippen molar-refractivity contribution in [2.24, 2.45) is 0 Å². The van der Waals surface area contributed by atoms with E-state index in [2.05, 4.69) is 28.9 Å². The lowest BCUT2D eigenvalue weighted by Crippen LogP contribution is -2.32. The molecule has 0 radical (unpaired) electrons. The summed E-state index contributed by atoms with van der Waals surface area (Å²) in [4.78, 5) is 12.2. The second-order valence-electron chi connectivity index (χ2n) is 6.92. The second-order valence-corrected chi connectivity index (χ2v) is 7.36. The Hall–Kier alpha value is -2.99. The summed E-state index contributed by atoms with van der Waals surface area (Å²) < 4.78 is 5.91. The smallest absolute Gasteiger partial charge is 0.127 e. The molecule has 0 aromatic heterocycles. The third kappa shape index (κ3) is 4.44. The molecule has 3 aromatic carbocycles. The lowest BCUT2D eigenvalue weighted by Gasteiger charge is -2.28. The van der Waals surface area contributed by atoms with Crippen molar-refractivity contribution in [3.8, 4) is 11.5 Å². The maximum absolute atomic E-state index is 5.94. The van der Waals surface area contributed by atoms with Gasteiger partial charge in [-0.05, 0) is 54.1 Å². The van der Waals surface area contributed by atoms with Gasteiger partial charge in [-0.25, -0.2) is 9.78 Å². The molecule has 2 atom stereocenters. The molecule has 1 fully saturated rings. The Morgan fingerprint density at radius 2 is 1.57 bits per heavy atom. The summed E-state index contributed by atoms with van der Waals surface area (Å²) in [6.45, 7) is 4.61. The molecule has 1 heterocycles. The molecular formula is C24H23ClN2O3. The summed E-state index contributed by atoms with van der Waals surface area (Å²) in [5.41, 5.74) is 2.17. The van der Waals surface area contributed by atoms with Gasteiger partial charge in [0.15, 0.2) is 0 Å². The summed E-state index contributed by atoms with van der Waals surface area (Å²) >= 11 is 5.94. The lowest BCUT2D eigenvalue weighted by atomic mass is 9.99. The van der Waals surface area contributed by atoms with Crippen LogP contribution in [0.4, 0.5) is 5.69 Å². The first-order valence-corrected chi connectivity index (χ1v) is 10.0. The van der Waals surface area contributed by atoms with Crippen LogP contribution in [0.15, 0.2) is 91.3 Å². The third-order valence-corrected chi connectivity index (χ3v) is 5.22.